The fraction of sp³-hybridized carbons (Fsp3) is 0.267. The lowest BCUT2D eigenvalue weighted by atomic mass is 9.97. The zero-order chi connectivity index (χ0) is 14.8. The Kier molecular flexibility index (Phi) is 3.43. The van der Waals surface area contributed by atoms with E-state index in [1.165, 1.54) is 0 Å². The van der Waals surface area contributed by atoms with Crippen molar-refractivity contribution >= 4 is 28.5 Å². The third-order valence-corrected chi connectivity index (χ3v) is 3.63. The van der Waals surface area contributed by atoms with Crippen molar-refractivity contribution in [1.29, 1.82) is 0 Å². The molecular weight excluding hydrogens is 270 g/mol. The molecule has 3 rings (SSSR count). The number of carbonyl (C=O) groups is 2. The lowest BCUT2D eigenvalue weighted by Crippen LogP contribution is -2.52. The number of likely N-dealkylation sites (tertiary alicyclic amines) is 1. The molecule has 2 heterocycles. The number of nitrogens with one attached hydrogen (secondary N) is 1. The number of rotatable bonds is 3. The Morgan fingerprint density at radius 2 is 2.14 bits per heavy atom. The standard InChI is InChI=1S/C15H15N3O3/c19-14(20)6-10-8-18(9-10)15(21)17-13-3-1-2-11-4-5-16-7-12(11)13/h1-5,7,10H,6,8-9H2,(H,17,21)(H,19,20). The van der Waals surface area contributed by atoms with Gasteiger partial charge in [-0.1, -0.05) is 12.1 Å². The van der Waals surface area contributed by atoms with Crippen molar-refractivity contribution in [2.75, 3.05) is 18.4 Å². The maximum absolute atomic E-state index is 12.1. The molecule has 2 aromatic rings. The number of carboxylic acid groups (broad SMARTS) is 1. The van der Waals surface area contributed by atoms with Gasteiger partial charge in [0, 0.05) is 36.8 Å². The van der Waals surface area contributed by atoms with Crippen LogP contribution in [0.15, 0.2) is 36.7 Å². The molecule has 0 atom stereocenters. The first-order valence-electron chi connectivity index (χ1n) is 6.74. The van der Waals surface area contributed by atoms with Crippen LogP contribution in [0.1, 0.15) is 6.42 Å². The van der Waals surface area contributed by atoms with Gasteiger partial charge in [0.05, 0.1) is 12.1 Å². The summed E-state index contributed by atoms with van der Waals surface area (Å²) in [6.45, 7) is 0.975. The van der Waals surface area contributed by atoms with E-state index in [9.17, 15) is 9.59 Å². The third-order valence-electron chi connectivity index (χ3n) is 3.63. The van der Waals surface area contributed by atoms with Crippen LogP contribution in [0.2, 0.25) is 0 Å². The van der Waals surface area contributed by atoms with Crippen molar-refractivity contribution in [3.05, 3.63) is 36.7 Å². The van der Waals surface area contributed by atoms with Crippen molar-refractivity contribution in [2.24, 2.45) is 5.92 Å². The van der Waals surface area contributed by atoms with E-state index in [2.05, 4.69) is 10.3 Å². The molecule has 1 saturated heterocycles. The van der Waals surface area contributed by atoms with E-state index in [4.69, 9.17) is 5.11 Å². The summed E-state index contributed by atoms with van der Waals surface area (Å²) in [6, 6.07) is 7.35. The number of anilines is 1. The summed E-state index contributed by atoms with van der Waals surface area (Å²) in [5.74, 6) is -0.761. The molecule has 6 nitrogen and oxygen atoms in total. The number of benzene rings is 1. The number of aromatic nitrogens is 1. The number of carboxylic acids is 1. The van der Waals surface area contributed by atoms with Gasteiger partial charge in [-0.3, -0.25) is 9.78 Å². The largest absolute Gasteiger partial charge is 0.481 e. The topological polar surface area (TPSA) is 82.5 Å². The van der Waals surface area contributed by atoms with Crippen LogP contribution in [0, 0.1) is 5.92 Å². The molecule has 2 N–H and O–H groups in total. The van der Waals surface area contributed by atoms with E-state index in [0.717, 1.165) is 10.8 Å². The SMILES string of the molecule is O=C(O)CC1CN(C(=O)Nc2cccc3ccncc23)C1. The second-order valence-electron chi connectivity index (χ2n) is 5.20. The molecule has 0 spiro atoms. The van der Waals surface area contributed by atoms with Crippen molar-refractivity contribution in [1.82, 2.24) is 9.88 Å². The van der Waals surface area contributed by atoms with Crippen molar-refractivity contribution in [3.8, 4) is 0 Å². The molecule has 0 saturated carbocycles. The highest BCUT2D eigenvalue weighted by atomic mass is 16.4. The fourth-order valence-electron chi connectivity index (χ4n) is 2.53. The Morgan fingerprint density at radius 1 is 1.33 bits per heavy atom. The molecule has 1 aromatic carbocycles. The number of carbonyl (C=O) groups excluding carboxylic acids is 1. The summed E-state index contributed by atoms with van der Waals surface area (Å²) >= 11 is 0. The Labute approximate surface area is 121 Å². The normalized spacial score (nSPS) is 14.8. The lowest BCUT2D eigenvalue weighted by molar-refractivity contribution is -0.139. The fourth-order valence-corrected chi connectivity index (χ4v) is 2.53. The molecule has 0 bridgehead atoms. The molecule has 1 aliphatic heterocycles. The lowest BCUT2D eigenvalue weighted by Gasteiger charge is -2.38. The van der Waals surface area contributed by atoms with Gasteiger partial charge >= 0.3 is 12.0 Å². The highest BCUT2D eigenvalue weighted by Gasteiger charge is 2.32. The molecule has 6 heteroatoms. The first kappa shape index (κ1) is 13.4. The van der Waals surface area contributed by atoms with E-state index < -0.39 is 5.97 Å². The molecule has 1 aromatic heterocycles. The van der Waals surface area contributed by atoms with E-state index in [-0.39, 0.29) is 18.4 Å². The molecule has 108 valence electrons. The number of aliphatic carboxylic acids is 1. The van der Waals surface area contributed by atoms with Crippen molar-refractivity contribution in [3.63, 3.8) is 0 Å². The number of nitrogens with zero attached hydrogens (tertiary/aromatic N) is 2. The minimum atomic E-state index is -0.819. The zero-order valence-corrected chi connectivity index (χ0v) is 11.3. The molecule has 0 unspecified atom stereocenters. The molecule has 2 amide bonds. The number of amides is 2. The van der Waals surface area contributed by atoms with Gasteiger partial charge < -0.3 is 15.3 Å². The monoisotopic (exact) mass is 285 g/mol. The van der Waals surface area contributed by atoms with Crippen LogP contribution in [0.25, 0.3) is 10.8 Å². The first-order chi connectivity index (χ1) is 10.1. The highest BCUT2D eigenvalue weighted by Crippen LogP contribution is 2.24. The van der Waals surface area contributed by atoms with E-state index >= 15 is 0 Å². The maximum atomic E-state index is 12.1. The zero-order valence-electron chi connectivity index (χ0n) is 11.3. The van der Waals surface area contributed by atoms with Crippen LogP contribution < -0.4 is 5.32 Å². The van der Waals surface area contributed by atoms with E-state index in [1.807, 2.05) is 24.3 Å². The Morgan fingerprint density at radius 3 is 2.90 bits per heavy atom. The maximum Gasteiger partial charge on any atom is 0.321 e. The summed E-state index contributed by atoms with van der Waals surface area (Å²) in [7, 11) is 0. The summed E-state index contributed by atoms with van der Waals surface area (Å²) in [5, 5.41) is 13.5. The van der Waals surface area contributed by atoms with Gasteiger partial charge in [0.25, 0.3) is 0 Å². The van der Waals surface area contributed by atoms with Gasteiger partial charge in [0.2, 0.25) is 0 Å². The van der Waals surface area contributed by atoms with Gasteiger partial charge in [0.15, 0.2) is 0 Å². The number of pyridine rings is 1. The van der Waals surface area contributed by atoms with Crippen LogP contribution in [0.3, 0.4) is 0 Å². The minimum absolute atomic E-state index is 0.0578. The molecule has 1 aliphatic rings. The second-order valence-corrected chi connectivity index (χ2v) is 5.20. The molecular formula is C15H15N3O3. The van der Waals surface area contributed by atoms with Gasteiger partial charge in [-0.2, -0.15) is 0 Å². The van der Waals surface area contributed by atoms with Crippen LogP contribution in [-0.2, 0) is 4.79 Å². The van der Waals surface area contributed by atoms with Gasteiger partial charge in [-0.25, -0.2) is 4.79 Å². The van der Waals surface area contributed by atoms with E-state index in [0.29, 0.717) is 18.8 Å². The Hall–Kier alpha value is -2.63. The van der Waals surface area contributed by atoms with E-state index in [1.54, 1.807) is 17.3 Å². The molecule has 0 radical (unpaired) electrons. The summed E-state index contributed by atoms with van der Waals surface area (Å²) in [6.07, 6.45) is 3.54. The number of urea groups is 1. The summed E-state index contributed by atoms with van der Waals surface area (Å²) < 4.78 is 0. The van der Waals surface area contributed by atoms with Crippen molar-refractivity contribution in [2.45, 2.75) is 6.42 Å². The molecule has 1 fully saturated rings. The number of hydrogen-bond donors (Lipinski definition) is 2. The van der Waals surface area contributed by atoms with Crippen LogP contribution in [0.5, 0.6) is 0 Å². The van der Waals surface area contributed by atoms with Gasteiger partial charge in [0.1, 0.15) is 0 Å². The quantitative estimate of drug-likeness (QED) is 0.905. The van der Waals surface area contributed by atoms with Gasteiger partial charge in [-0.15, -0.1) is 0 Å². The van der Waals surface area contributed by atoms with Crippen molar-refractivity contribution < 1.29 is 14.7 Å². The molecule has 21 heavy (non-hydrogen) atoms. The van der Waals surface area contributed by atoms with Crippen LogP contribution >= 0.6 is 0 Å². The summed E-state index contributed by atoms with van der Waals surface area (Å²) in [4.78, 5) is 28.4. The average Bonchev–Trinajstić information content (AvgIpc) is 2.42. The summed E-state index contributed by atoms with van der Waals surface area (Å²) in [5.41, 5.74) is 0.715. The second kappa shape index (κ2) is 5.40. The highest BCUT2D eigenvalue weighted by molar-refractivity contribution is 6.01. The smallest absolute Gasteiger partial charge is 0.321 e. The van der Waals surface area contributed by atoms with Gasteiger partial charge in [-0.05, 0) is 17.5 Å². The number of hydrogen-bond acceptors (Lipinski definition) is 3. The minimum Gasteiger partial charge on any atom is -0.481 e. The predicted octanol–water partition coefficient (Wildman–Crippen LogP) is 2.17. The average molecular weight is 285 g/mol. The first-order valence-corrected chi connectivity index (χ1v) is 6.74. The Balaban J connectivity index is 1.67. The van der Waals surface area contributed by atoms with Crippen LogP contribution in [0.4, 0.5) is 10.5 Å². The predicted molar refractivity (Wildman–Crippen MR) is 78.1 cm³/mol. The Bertz CT molecular complexity index is 690. The molecule has 0 aliphatic carbocycles. The number of fused-ring (bicyclic) bond motifs is 1. The third kappa shape index (κ3) is 2.79. The van der Waals surface area contributed by atoms with Crippen LogP contribution in [-0.4, -0.2) is 40.1 Å².